The number of carbonyl (C=O) groups excluding carboxylic acids is 2. The van der Waals surface area contributed by atoms with Crippen LogP contribution in [0.25, 0.3) is 0 Å². The molecule has 0 atom stereocenters. The number of benzene rings is 1. The van der Waals surface area contributed by atoms with Gasteiger partial charge in [-0.25, -0.2) is 0 Å². The summed E-state index contributed by atoms with van der Waals surface area (Å²) in [6.07, 6.45) is 3.35. The first-order chi connectivity index (χ1) is 11.5. The Labute approximate surface area is 145 Å². The van der Waals surface area contributed by atoms with Crippen molar-refractivity contribution in [2.75, 3.05) is 26.2 Å². The van der Waals surface area contributed by atoms with Crippen molar-refractivity contribution in [3.05, 3.63) is 35.9 Å². The maximum absolute atomic E-state index is 13.5. The fourth-order valence-corrected chi connectivity index (χ4v) is 3.74. The molecule has 4 nitrogen and oxygen atoms in total. The molecule has 0 spiro atoms. The van der Waals surface area contributed by atoms with Gasteiger partial charge in [-0.3, -0.25) is 9.59 Å². The average Bonchev–Trinajstić information content (AvgIpc) is 2.61. The van der Waals surface area contributed by atoms with Crippen molar-refractivity contribution in [3.8, 4) is 0 Å². The van der Waals surface area contributed by atoms with E-state index in [1.165, 1.54) is 0 Å². The Hall–Kier alpha value is -1.84. The molecule has 0 aliphatic carbocycles. The summed E-state index contributed by atoms with van der Waals surface area (Å²) in [4.78, 5) is 29.1. The molecular weight excluding hydrogens is 300 g/mol. The van der Waals surface area contributed by atoms with Crippen LogP contribution in [0.5, 0.6) is 0 Å². The third kappa shape index (κ3) is 3.80. The van der Waals surface area contributed by atoms with Gasteiger partial charge in [0.1, 0.15) is 0 Å². The Bertz CT molecular complexity index is 542. The molecule has 2 amide bonds. The fraction of sp³-hybridized carbons (Fsp3) is 0.600. The van der Waals surface area contributed by atoms with Gasteiger partial charge in [-0.2, -0.15) is 0 Å². The predicted octanol–water partition coefficient (Wildman–Crippen LogP) is 3.22. The zero-order valence-electron chi connectivity index (χ0n) is 15.3. The number of amides is 2. The third-order valence-electron chi connectivity index (χ3n) is 5.07. The van der Waals surface area contributed by atoms with E-state index < -0.39 is 5.41 Å². The van der Waals surface area contributed by atoms with Crippen LogP contribution in [0.1, 0.15) is 52.0 Å². The molecule has 0 N–H and O–H groups in total. The second-order valence-corrected chi connectivity index (χ2v) is 6.75. The molecular formula is C20H30N2O2. The normalized spacial score (nSPS) is 16.7. The van der Waals surface area contributed by atoms with Crippen LogP contribution in [0.2, 0.25) is 0 Å². The van der Waals surface area contributed by atoms with E-state index in [1.807, 2.05) is 28.0 Å². The predicted molar refractivity (Wildman–Crippen MR) is 96.8 cm³/mol. The van der Waals surface area contributed by atoms with Gasteiger partial charge in [0.05, 0.1) is 5.41 Å². The Kier molecular flexibility index (Phi) is 6.41. The Morgan fingerprint density at radius 2 is 1.58 bits per heavy atom. The number of piperidine rings is 1. The van der Waals surface area contributed by atoms with Crippen LogP contribution in [0.3, 0.4) is 0 Å². The molecule has 1 aromatic carbocycles. The second-order valence-electron chi connectivity index (χ2n) is 6.75. The van der Waals surface area contributed by atoms with Crippen LogP contribution >= 0.6 is 0 Å². The SMILES string of the molecule is CCCN(CCC)C(=O)C1(c2ccccc2)CCN(C(C)=O)CC1. The van der Waals surface area contributed by atoms with E-state index in [0.717, 1.165) is 31.5 Å². The van der Waals surface area contributed by atoms with Crippen molar-refractivity contribution in [1.82, 2.24) is 9.80 Å². The summed E-state index contributed by atoms with van der Waals surface area (Å²) in [5, 5.41) is 0. The van der Waals surface area contributed by atoms with Crippen molar-refractivity contribution in [2.45, 2.75) is 51.9 Å². The van der Waals surface area contributed by atoms with Crippen LogP contribution < -0.4 is 0 Å². The first-order valence-electron chi connectivity index (χ1n) is 9.15. The quantitative estimate of drug-likeness (QED) is 0.803. The largest absolute Gasteiger partial charge is 0.343 e. The molecule has 0 unspecified atom stereocenters. The molecule has 1 aromatic rings. The lowest BCUT2D eigenvalue weighted by Crippen LogP contribution is -2.54. The molecule has 0 bridgehead atoms. The van der Waals surface area contributed by atoms with Gasteiger partial charge < -0.3 is 9.80 Å². The van der Waals surface area contributed by atoms with Crippen molar-refractivity contribution in [2.24, 2.45) is 0 Å². The van der Waals surface area contributed by atoms with Gasteiger partial charge in [-0.15, -0.1) is 0 Å². The van der Waals surface area contributed by atoms with Crippen molar-refractivity contribution in [3.63, 3.8) is 0 Å². The zero-order chi connectivity index (χ0) is 17.6. The van der Waals surface area contributed by atoms with Crippen LogP contribution in [0.15, 0.2) is 30.3 Å². The van der Waals surface area contributed by atoms with Crippen LogP contribution in [-0.2, 0) is 15.0 Å². The first kappa shape index (κ1) is 18.5. The Morgan fingerprint density at radius 1 is 1.04 bits per heavy atom. The molecule has 1 saturated heterocycles. The highest BCUT2D eigenvalue weighted by Gasteiger charge is 2.45. The number of rotatable bonds is 6. The van der Waals surface area contributed by atoms with Crippen LogP contribution in [-0.4, -0.2) is 47.8 Å². The molecule has 132 valence electrons. The standard InChI is InChI=1S/C20H30N2O2/c1-4-13-22(14-5-2)19(24)20(18-9-7-6-8-10-18)11-15-21(16-12-20)17(3)23/h6-10H,4-5,11-16H2,1-3H3. The lowest BCUT2D eigenvalue weighted by atomic mass is 9.71. The molecule has 2 rings (SSSR count). The van der Waals surface area contributed by atoms with E-state index in [4.69, 9.17) is 0 Å². The minimum atomic E-state index is -0.489. The molecule has 1 aliphatic heterocycles. The summed E-state index contributed by atoms with van der Waals surface area (Å²) in [6, 6.07) is 10.1. The topological polar surface area (TPSA) is 40.6 Å². The van der Waals surface area contributed by atoms with Gasteiger partial charge in [-0.1, -0.05) is 44.2 Å². The Balaban J connectivity index is 2.33. The first-order valence-corrected chi connectivity index (χ1v) is 9.15. The lowest BCUT2D eigenvalue weighted by Gasteiger charge is -2.43. The van der Waals surface area contributed by atoms with Crippen LogP contribution in [0.4, 0.5) is 0 Å². The molecule has 0 saturated carbocycles. The summed E-state index contributed by atoms with van der Waals surface area (Å²) < 4.78 is 0. The van der Waals surface area contributed by atoms with Gasteiger partial charge in [0.25, 0.3) is 0 Å². The molecule has 1 heterocycles. The van der Waals surface area contributed by atoms with Gasteiger partial charge in [0, 0.05) is 33.1 Å². The molecule has 24 heavy (non-hydrogen) atoms. The lowest BCUT2D eigenvalue weighted by molar-refractivity contribution is -0.142. The van der Waals surface area contributed by atoms with E-state index in [9.17, 15) is 9.59 Å². The van der Waals surface area contributed by atoms with E-state index in [0.29, 0.717) is 25.9 Å². The molecule has 4 heteroatoms. The van der Waals surface area contributed by atoms with Crippen LogP contribution in [0, 0.1) is 0 Å². The maximum Gasteiger partial charge on any atom is 0.233 e. The van der Waals surface area contributed by atoms with Gasteiger partial charge in [-0.05, 0) is 31.2 Å². The summed E-state index contributed by atoms with van der Waals surface area (Å²) >= 11 is 0. The maximum atomic E-state index is 13.5. The zero-order valence-corrected chi connectivity index (χ0v) is 15.3. The third-order valence-corrected chi connectivity index (χ3v) is 5.07. The van der Waals surface area contributed by atoms with Crippen molar-refractivity contribution >= 4 is 11.8 Å². The van der Waals surface area contributed by atoms with E-state index in [-0.39, 0.29) is 11.8 Å². The van der Waals surface area contributed by atoms with E-state index >= 15 is 0 Å². The number of nitrogens with zero attached hydrogens (tertiary/aromatic N) is 2. The fourth-order valence-electron chi connectivity index (χ4n) is 3.74. The second kappa shape index (κ2) is 8.32. The van der Waals surface area contributed by atoms with Crippen molar-refractivity contribution < 1.29 is 9.59 Å². The summed E-state index contributed by atoms with van der Waals surface area (Å²) in [5.41, 5.74) is 0.604. The van der Waals surface area contributed by atoms with Crippen molar-refractivity contribution in [1.29, 1.82) is 0 Å². The van der Waals surface area contributed by atoms with E-state index in [2.05, 4.69) is 26.0 Å². The summed E-state index contributed by atoms with van der Waals surface area (Å²) in [7, 11) is 0. The number of carbonyl (C=O) groups is 2. The van der Waals surface area contributed by atoms with Gasteiger partial charge >= 0.3 is 0 Å². The molecule has 0 aromatic heterocycles. The smallest absolute Gasteiger partial charge is 0.233 e. The molecule has 1 aliphatic rings. The average molecular weight is 330 g/mol. The number of hydrogen-bond acceptors (Lipinski definition) is 2. The van der Waals surface area contributed by atoms with Gasteiger partial charge in [0.2, 0.25) is 11.8 Å². The molecule has 1 fully saturated rings. The highest BCUT2D eigenvalue weighted by Crippen LogP contribution is 2.37. The molecule has 0 radical (unpaired) electrons. The minimum absolute atomic E-state index is 0.100. The highest BCUT2D eigenvalue weighted by molar-refractivity contribution is 5.89. The van der Waals surface area contributed by atoms with Gasteiger partial charge in [0.15, 0.2) is 0 Å². The number of likely N-dealkylation sites (tertiary alicyclic amines) is 1. The number of hydrogen-bond donors (Lipinski definition) is 0. The minimum Gasteiger partial charge on any atom is -0.343 e. The summed E-state index contributed by atoms with van der Waals surface area (Å²) in [5.74, 6) is 0.337. The summed E-state index contributed by atoms with van der Waals surface area (Å²) in [6.45, 7) is 8.75. The monoisotopic (exact) mass is 330 g/mol. The Morgan fingerprint density at radius 3 is 2.04 bits per heavy atom. The highest BCUT2D eigenvalue weighted by atomic mass is 16.2. The van der Waals surface area contributed by atoms with E-state index in [1.54, 1.807) is 6.92 Å².